The van der Waals surface area contributed by atoms with E-state index in [1.165, 1.54) is 0 Å². The van der Waals surface area contributed by atoms with Gasteiger partial charge in [-0.05, 0) is 12.5 Å². The van der Waals surface area contributed by atoms with Crippen LogP contribution >= 0.6 is 0 Å². The van der Waals surface area contributed by atoms with Crippen LogP contribution in [0.5, 0.6) is 0 Å². The summed E-state index contributed by atoms with van der Waals surface area (Å²) in [5.41, 5.74) is 3.24. The maximum atomic E-state index is 11.3. The molecule has 0 fully saturated rings. The smallest absolute Gasteiger partial charge is 0.221 e. The predicted molar refractivity (Wildman–Crippen MR) is 79.0 cm³/mol. The van der Waals surface area contributed by atoms with Gasteiger partial charge in [-0.25, -0.2) is 0 Å². The highest BCUT2D eigenvalue weighted by molar-refractivity contribution is 5.75. The van der Waals surface area contributed by atoms with Crippen LogP contribution in [0.4, 0.5) is 0 Å². The zero-order valence-corrected chi connectivity index (χ0v) is 11.6. The number of nitrogens with one attached hydrogen (secondary N) is 3. The Bertz CT molecular complexity index is 536. The van der Waals surface area contributed by atoms with Gasteiger partial charge in [-0.2, -0.15) is 5.10 Å². The molecule has 5 heteroatoms. The fourth-order valence-electron chi connectivity index (χ4n) is 2.01. The number of aromatic amines is 1. The van der Waals surface area contributed by atoms with E-state index in [4.69, 9.17) is 0 Å². The van der Waals surface area contributed by atoms with Gasteiger partial charge >= 0.3 is 0 Å². The van der Waals surface area contributed by atoms with Gasteiger partial charge in [0, 0.05) is 31.6 Å². The Morgan fingerprint density at radius 3 is 2.85 bits per heavy atom. The summed E-state index contributed by atoms with van der Waals surface area (Å²) in [7, 11) is 0. The molecule has 2 rings (SSSR count). The molecule has 0 radical (unpaired) electrons. The molecule has 20 heavy (non-hydrogen) atoms. The minimum absolute atomic E-state index is 0.0791. The Labute approximate surface area is 118 Å². The molecule has 0 unspecified atom stereocenters. The lowest BCUT2D eigenvalue weighted by atomic mass is 10.1. The van der Waals surface area contributed by atoms with E-state index in [-0.39, 0.29) is 5.91 Å². The lowest BCUT2D eigenvalue weighted by Gasteiger charge is -2.06. The number of hydrogen-bond acceptors (Lipinski definition) is 3. The number of amides is 1. The molecule has 1 amide bonds. The first kappa shape index (κ1) is 14.3. The predicted octanol–water partition coefficient (Wildman–Crippen LogP) is 1.69. The highest BCUT2D eigenvalue weighted by atomic mass is 16.1. The topological polar surface area (TPSA) is 69.8 Å². The van der Waals surface area contributed by atoms with E-state index in [9.17, 15) is 4.79 Å². The van der Waals surface area contributed by atoms with E-state index in [1.54, 1.807) is 0 Å². The molecular formula is C15H20N4O. The summed E-state index contributed by atoms with van der Waals surface area (Å²) in [5, 5.41) is 13.2. The maximum Gasteiger partial charge on any atom is 0.221 e. The van der Waals surface area contributed by atoms with Crippen molar-refractivity contribution in [1.29, 1.82) is 0 Å². The summed E-state index contributed by atoms with van der Waals surface area (Å²) >= 11 is 0. The Balaban J connectivity index is 1.86. The number of H-pyrrole nitrogens is 1. The second-order valence-electron chi connectivity index (χ2n) is 4.52. The van der Waals surface area contributed by atoms with Gasteiger partial charge in [0.25, 0.3) is 0 Å². The quantitative estimate of drug-likeness (QED) is 0.672. The first-order valence-corrected chi connectivity index (χ1v) is 6.86. The van der Waals surface area contributed by atoms with Crippen LogP contribution in [0.2, 0.25) is 0 Å². The number of nitrogens with zero attached hydrogens (tertiary/aromatic N) is 1. The normalized spacial score (nSPS) is 10.4. The molecule has 0 atom stereocenters. The summed E-state index contributed by atoms with van der Waals surface area (Å²) in [6, 6.07) is 10.1. The number of rotatable bonds is 7. The Kier molecular flexibility index (Phi) is 5.32. The minimum atomic E-state index is 0.0791. The molecule has 0 aliphatic carbocycles. The molecule has 2 aromatic rings. The molecule has 0 spiro atoms. The fraction of sp³-hybridized carbons (Fsp3) is 0.333. The van der Waals surface area contributed by atoms with Gasteiger partial charge in [0.1, 0.15) is 0 Å². The number of carbonyl (C=O) groups excluding carboxylic acids is 1. The van der Waals surface area contributed by atoms with Gasteiger partial charge in [-0.3, -0.25) is 9.89 Å². The third kappa shape index (κ3) is 3.93. The molecule has 0 aliphatic heterocycles. The van der Waals surface area contributed by atoms with E-state index in [2.05, 4.69) is 20.8 Å². The van der Waals surface area contributed by atoms with Crippen LogP contribution in [0, 0.1) is 0 Å². The fourth-order valence-corrected chi connectivity index (χ4v) is 2.01. The Morgan fingerprint density at radius 1 is 1.30 bits per heavy atom. The van der Waals surface area contributed by atoms with Crippen LogP contribution in [0.1, 0.15) is 18.9 Å². The minimum Gasteiger partial charge on any atom is -0.356 e. The zero-order valence-electron chi connectivity index (χ0n) is 11.6. The average Bonchev–Trinajstić information content (AvgIpc) is 2.93. The summed E-state index contributed by atoms with van der Waals surface area (Å²) in [6.07, 6.45) is 2.31. The van der Waals surface area contributed by atoms with Crippen molar-refractivity contribution < 1.29 is 4.79 Å². The monoisotopic (exact) mass is 272 g/mol. The van der Waals surface area contributed by atoms with Crippen LogP contribution < -0.4 is 10.6 Å². The van der Waals surface area contributed by atoms with E-state index in [0.717, 1.165) is 16.8 Å². The number of aromatic nitrogens is 2. The highest BCUT2D eigenvalue weighted by Gasteiger charge is 2.07. The van der Waals surface area contributed by atoms with Crippen molar-refractivity contribution >= 4 is 5.91 Å². The van der Waals surface area contributed by atoms with Gasteiger partial charge in [0.15, 0.2) is 0 Å². The van der Waals surface area contributed by atoms with E-state index in [1.807, 2.05) is 43.5 Å². The van der Waals surface area contributed by atoms with Crippen molar-refractivity contribution in [1.82, 2.24) is 20.8 Å². The van der Waals surface area contributed by atoms with Crippen molar-refractivity contribution in [3.8, 4) is 11.3 Å². The lowest BCUT2D eigenvalue weighted by molar-refractivity contribution is -0.120. The van der Waals surface area contributed by atoms with Crippen LogP contribution in [0.15, 0.2) is 36.5 Å². The van der Waals surface area contributed by atoms with Crippen LogP contribution in [0.3, 0.4) is 0 Å². The molecule has 0 saturated carbocycles. The molecule has 0 bridgehead atoms. The molecule has 1 heterocycles. The first-order valence-electron chi connectivity index (χ1n) is 6.86. The largest absolute Gasteiger partial charge is 0.356 e. The molecule has 5 nitrogen and oxygen atoms in total. The van der Waals surface area contributed by atoms with Crippen LogP contribution in [0.25, 0.3) is 11.3 Å². The molecular weight excluding hydrogens is 252 g/mol. The SMILES string of the molecule is CCNC(=O)CCNCc1cn[nH]c1-c1ccccc1. The van der Waals surface area contributed by atoms with Gasteiger partial charge in [0.2, 0.25) is 5.91 Å². The molecule has 106 valence electrons. The van der Waals surface area contributed by atoms with Crippen molar-refractivity contribution in [2.45, 2.75) is 19.9 Å². The van der Waals surface area contributed by atoms with Gasteiger partial charge in [-0.15, -0.1) is 0 Å². The summed E-state index contributed by atoms with van der Waals surface area (Å²) in [4.78, 5) is 11.3. The summed E-state index contributed by atoms with van der Waals surface area (Å²) < 4.78 is 0. The third-order valence-corrected chi connectivity index (χ3v) is 3.00. The first-order chi connectivity index (χ1) is 9.81. The molecule has 0 aliphatic rings. The van der Waals surface area contributed by atoms with Gasteiger partial charge < -0.3 is 10.6 Å². The van der Waals surface area contributed by atoms with Crippen molar-refractivity contribution in [3.05, 3.63) is 42.1 Å². The van der Waals surface area contributed by atoms with Gasteiger partial charge in [-0.1, -0.05) is 30.3 Å². The van der Waals surface area contributed by atoms with E-state index < -0.39 is 0 Å². The third-order valence-electron chi connectivity index (χ3n) is 3.00. The molecule has 3 N–H and O–H groups in total. The zero-order chi connectivity index (χ0) is 14.2. The number of hydrogen-bond donors (Lipinski definition) is 3. The van der Waals surface area contributed by atoms with Crippen molar-refractivity contribution in [3.63, 3.8) is 0 Å². The van der Waals surface area contributed by atoms with Crippen molar-refractivity contribution in [2.75, 3.05) is 13.1 Å². The van der Waals surface area contributed by atoms with Crippen LogP contribution in [-0.2, 0) is 11.3 Å². The Hall–Kier alpha value is -2.14. The number of benzene rings is 1. The molecule has 1 aromatic carbocycles. The lowest BCUT2D eigenvalue weighted by Crippen LogP contribution is -2.27. The van der Waals surface area contributed by atoms with Crippen molar-refractivity contribution in [2.24, 2.45) is 0 Å². The summed E-state index contributed by atoms with van der Waals surface area (Å²) in [6.45, 7) is 3.95. The van der Waals surface area contributed by atoms with E-state index >= 15 is 0 Å². The Morgan fingerprint density at radius 2 is 2.10 bits per heavy atom. The highest BCUT2D eigenvalue weighted by Crippen LogP contribution is 2.20. The second-order valence-corrected chi connectivity index (χ2v) is 4.52. The number of carbonyl (C=O) groups is 1. The van der Waals surface area contributed by atoms with Crippen LogP contribution in [-0.4, -0.2) is 29.2 Å². The summed E-state index contributed by atoms with van der Waals surface area (Å²) in [5.74, 6) is 0.0791. The molecule has 1 aromatic heterocycles. The molecule has 0 saturated heterocycles. The standard InChI is InChI=1S/C15H20N4O/c1-2-17-14(20)8-9-16-10-13-11-18-19-15(13)12-6-4-3-5-7-12/h3-7,11,16H,2,8-10H2,1H3,(H,17,20)(H,18,19). The van der Waals surface area contributed by atoms with Gasteiger partial charge in [0.05, 0.1) is 11.9 Å². The maximum absolute atomic E-state index is 11.3. The second kappa shape index (κ2) is 7.45. The van der Waals surface area contributed by atoms with E-state index in [0.29, 0.717) is 26.1 Å². The average molecular weight is 272 g/mol.